The highest BCUT2D eigenvalue weighted by atomic mass is 16.5. The van der Waals surface area contributed by atoms with Gasteiger partial charge in [0.15, 0.2) is 5.82 Å². The van der Waals surface area contributed by atoms with Crippen LogP contribution in [-0.2, 0) is 4.74 Å². The third kappa shape index (κ3) is 4.03. The summed E-state index contributed by atoms with van der Waals surface area (Å²) in [6.45, 7) is 5.14. The lowest BCUT2D eigenvalue weighted by molar-refractivity contribution is -0.0190. The number of ether oxygens (including phenoxy) is 1. The van der Waals surface area contributed by atoms with Crippen LogP contribution in [0.3, 0.4) is 0 Å². The largest absolute Gasteiger partial charge is 0.389 e. The first-order valence-corrected chi connectivity index (χ1v) is 9.45. The lowest BCUT2D eigenvalue weighted by atomic mass is 10.1. The summed E-state index contributed by atoms with van der Waals surface area (Å²) in [5, 5.41) is 10.3. The summed E-state index contributed by atoms with van der Waals surface area (Å²) in [6, 6.07) is 12.0. The number of aliphatic hydroxyl groups excluding tert-OH is 1. The highest BCUT2D eigenvalue weighted by molar-refractivity contribution is 5.57. The van der Waals surface area contributed by atoms with Crippen molar-refractivity contribution >= 4 is 5.82 Å². The monoisotopic (exact) mass is 354 g/mol. The molecule has 4 rings (SSSR count). The van der Waals surface area contributed by atoms with E-state index in [0.717, 1.165) is 62.8 Å². The Hall–Kier alpha value is -2.02. The Morgan fingerprint density at radius 3 is 2.65 bits per heavy atom. The minimum absolute atomic E-state index is 0.0170. The molecular formula is C20H26N4O2. The minimum atomic E-state index is -0.382. The van der Waals surface area contributed by atoms with Crippen LogP contribution in [0.15, 0.2) is 42.6 Å². The molecule has 3 heterocycles. The molecule has 0 aliphatic carbocycles. The van der Waals surface area contributed by atoms with Gasteiger partial charge < -0.3 is 14.7 Å². The number of rotatable bonds is 5. The summed E-state index contributed by atoms with van der Waals surface area (Å²) >= 11 is 0. The Morgan fingerprint density at radius 2 is 1.92 bits per heavy atom. The molecular weight excluding hydrogens is 328 g/mol. The zero-order valence-electron chi connectivity index (χ0n) is 15.0. The van der Waals surface area contributed by atoms with Crippen LogP contribution >= 0.6 is 0 Å². The number of aliphatic hydroxyl groups is 1. The van der Waals surface area contributed by atoms with E-state index in [1.54, 1.807) is 0 Å². The van der Waals surface area contributed by atoms with Crippen molar-refractivity contribution in [3.63, 3.8) is 0 Å². The standard InChI is InChI=1S/C20H26N4O2/c25-17(18-7-4-14-26-18)15-23-10-12-24(13-11-23)19-8-9-21-20(22-19)16-5-2-1-3-6-16/h1-3,5-6,8-9,17-18,25H,4,7,10-15H2/t17-,18-/m1/s1. The third-order valence-electron chi connectivity index (χ3n) is 5.21. The first kappa shape index (κ1) is 17.4. The van der Waals surface area contributed by atoms with Gasteiger partial charge in [-0.15, -0.1) is 0 Å². The van der Waals surface area contributed by atoms with Crippen LogP contribution in [0.1, 0.15) is 12.8 Å². The molecule has 1 aromatic carbocycles. The topological polar surface area (TPSA) is 61.7 Å². The van der Waals surface area contributed by atoms with Gasteiger partial charge in [-0.1, -0.05) is 30.3 Å². The molecule has 2 fully saturated rings. The molecule has 1 aromatic heterocycles. The quantitative estimate of drug-likeness (QED) is 0.884. The molecule has 0 amide bonds. The number of nitrogens with zero attached hydrogens (tertiary/aromatic N) is 4. The van der Waals surface area contributed by atoms with Gasteiger partial charge in [-0.05, 0) is 18.9 Å². The Labute approximate surface area is 154 Å². The fourth-order valence-corrected chi connectivity index (χ4v) is 3.70. The van der Waals surface area contributed by atoms with Gasteiger partial charge in [0.05, 0.1) is 12.2 Å². The molecule has 0 spiro atoms. The van der Waals surface area contributed by atoms with Gasteiger partial charge in [0, 0.05) is 51.1 Å². The second-order valence-corrected chi connectivity index (χ2v) is 7.01. The molecule has 2 atom stereocenters. The number of piperazine rings is 1. The maximum absolute atomic E-state index is 10.3. The molecule has 0 saturated carbocycles. The summed E-state index contributed by atoms with van der Waals surface area (Å²) in [6.07, 6.45) is 3.51. The molecule has 0 bridgehead atoms. The van der Waals surface area contributed by atoms with Crippen LogP contribution in [0.5, 0.6) is 0 Å². The summed E-state index contributed by atoms with van der Waals surface area (Å²) < 4.78 is 5.60. The maximum Gasteiger partial charge on any atom is 0.161 e. The number of aromatic nitrogens is 2. The van der Waals surface area contributed by atoms with E-state index in [9.17, 15) is 5.11 Å². The fourth-order valence-electron chi connectivity index (χ4n) is 3.70. The van der Waals surface area contributed by atoms with Crippen molar-refractivity contribution in [3.8, 4) is 11.4 Å². The molecule has 0 unspecified atom stereocenters. The highest BCUT2D eigenvalue weighted by Crippen LogP contribution is 2.20. The number of β-amino-alcohol motifs (C(OH)–C–C–N with tert-alkyl or cyclic N) is 1. The van der Waals surface area contributed by atoms with Crippen LogP contribution in [0.2, 0.25) is 0 Å². The van der Waals surface area contributed by atoms with Crippen LogP contribution in [0.25, 0.3) is 11.4 Å². The number of benzene rings is 1. The highest BCUT2D eigenvalue weighted by Gasteiger charge is 2.27. The van der Waals surface area contributed by atoms with Crippen LogP contribution in [-0.4, -0.2) is 71.5 Å². The average Bonchev–Trinajstić information content (AvgIpc) is 3.24. The molecule has 26 heavy (non-hydrogen) atoms. The molecule has 2 aliphatic heterocycles. The lowest BCUT2D eigenvalue weighted by Crippen LogP contribution is -2.50. The fraction of sp³-hybridized carbons (Fsp3) is 0.500. The van der Waals surface area contributed by atoms with E-state index >= 15 is 0 Å². The van der Waals surface area contributed by atoms with Gasteiger partial charge in [-0.2, -0.15) is 0 Å². The predicted molar refractivity (Wildman–Crippen MR) is 101 cm³/mol. The van der Waals surface area contributed by atoms with Gasteiger partial charge in [0.1, 0.15) is 5.82 Å². The number of anilines is 1. The zero-order valence-corrected chi connectivity index (χ0v) is 15.0. The predicted octanol–water partition coefficient (Wildman–Crippen LogP) is 1.81. The number of hydrogen-bond acceptors (Lipinski definition) is 6. The first-order valence-electron chi connectivity index (χ1n) is 9.45. The van der Waals surface area contributed by atoms with E-state index in [1.165, 1.54) is 0 Å². The smallest absolute Gasteiger partial charge is 0.161 e. The van der Waals surface area contributed by atoms with Crippen molar-refractivity contribution in [1.82, 2.24) is 14.9 Å². The molecule has 1 N–H and O–H groups in total. The normalized spacial score (nSPS) is 22.5. The van der Waals surface area contributed by atoms with Crippen LogP contribution in [0.4, 0.5) is 5.82 Å². The van der Waals surface area contributed by atoms with Crippen molar-refractivity contribution in [3.05, 3.63) is 42.6 Å². The number of hydrogen-bond donors (Lipinski definition) is 1. The second kappa shape index (κ2) is 8.12. The zero-order chi connectivity index (χ0) is 17.8. The first-order chi connectivity index (χ1) is 12.8. The van der Waals surface area contributed by atoms with E-state index < -0.39 is 0 Å². The molecule has 2 aliphatic rings. The van der Waals surface area contributed by atoms with Crippen LogP contribution < -0.4 is 4.90 Å². The third-order valence-corrected chi connectivity index (χ3v) is 5.21. The molecule has 6 nitrogen and oxygen atoms in total. The Bertz CT molecular complexity index is 698. The summed E-state index contributed by atoms with van der Waals surface area (Å²) in [7, 11) is 0. The van der Waals surface area contributed by atoms with Crippen LogP contribution in [0, 0.1) is 0 Å². The van der Waals surface area contributed by atoms with E-state index in [1.807, 2.05) is 42.6 Å². The van der Waals surface area contributed by atoms with Crippen molar-refractivity contribution < 1.29 is 9.84 Å². The van der Waals surface area contributed by atoms with Gasteiger partial charge in [0.2, 0.25) is 0 Å². The summed E-state index contributed by atoms with van der Waals surface area (Å²) in [4.78, 5) is 13.8. The summed E-state index contributed by atoms with van der Waals surface area (Å²) in [5.41, 5.74) is 1.03. The van der Waals surface area contributed by atoms with Crippen molar-refractivity contribution in [2.24, 2.45) is 0 Å². The Morgan fingerprint density at radius 1 is 1.12 bits per heavy atom. The summed E-state index contributed by atoms with van der Waals surface area (Å²) in [5.74, 6) is 1.73. The SMILES string of the molecule is O[C@H](CN1CCN(c2ccnc(-c3ccccc3)n2)CC1)[C@H]1CCCO1. The van der Waals surface area contributed by atoms with E-state index in [2.05, 4.69) is 14.8 Å². The molecule has 138 valence electrons. The van der Waals surface area contributed by atoms with E-state index in [4.69, 9.17) is 9.72 Å². The van der Waals surface area contributed by atoms with E-state index in [0.29, 0.717) is 6.54 Å². The van der Waals surface area contributed by atoms with Gasteiger partial charge in [0.25, 0.3) is 0 Å². The van der Waals surface area contributed by atoms with E-state index in [-0.39, 0.29) is 12.2 Å². The molecule has 2 aromatic rings. The van der Waals surface area contributed by atoms with Crippen molar-refractivity contribution in [1.29, 1.82) is 0 Å². The maximum atomic E-state index is 10.3. The second-order valence-electron chi connectivity index (χ2n) is 7.01. The van der Waals surface area contributed by atoms with Crippen molar-refractivity contribution in [2.75, 3.05) is 44.2 Å². The van der Waals surface area contributed by atoms with Crippen molar-refractivity contribution in [2.45, 2.75) is 25.0 Å². The minimum Gasteiger partial charge on any atom is -0.389 e. The van der Waals surface area contributed by atoms with Gasteiger partial charge >= 0.3 is 0 Å². The molecule has 6 heteroatoms. The molecule has 2 saturated heterocycles. The Kier molecular flexibility index (Phi) is 5.43. The lowest BCUT2D eigenvalue weighted by Gasteiger charge is -2.36. The van der Waals surface area contributed by atoms with Gasteiger partial charge in [-0.25, -0.2) is 9.97 Å². The Balaban J connectivity index is 1.34. The average molecular weight is 354 g/mol. The molecule has 0 radical (unpaired) electrons. The van der Waals surface area contributed by atoms with Gasteiger partial charge in [-0.3, -0.25) is 4.90 Å².